The van der Waals surface area contributed by atoms with Gasteiger partial charge in [-0.3, -0.25) is 4.79 Å². The van der Waals surface area contributed by atoms with Gasteiger partial charge in [-0.15, -0.1) is 0 Å². The van der Waals surface area contributed by atoms with Crippen LogP contribution in [-0.4, -0.2) is 55.4 Å². The van der Waals surface area contributed by atoms with E-state index in [1.165, 1.54) is 6.92 Å². The van der Waals surface area contributed by atoms with Gasteiger partial charge in [-0.05, 0) is 22.3 Å². The van der Waals surface area contributed by atoms with E-state index in [0.717, 1.165) is 22.3 Å². The number of hydrogen-bond donors (Lipinski definition) is 1. The smallest absolute Gasteiger partial charge is 0.217 e. The van der Waals surface area contributed by atoms with Gasteiger partial charge in [-0.1, -0.05) is 121 Å². The van der Waals surface area contributed by atoms with Crippen molar-refractivity contribution < 1.29 is 33.2 Å². The number of benzene rings is 4. The van der Waals surface area contributed by atoms with Gasteiger partial charge in [0.05, 0.1) is 39.1 Å². The Morgan fingerprint density at radius 2 is 1.13 bits per heavy atom. The molecule has 4 aromatic carbocycles. The Hall–Kier alpha value is -3.89. The van der Waals surface area contributed by atoms with Gasteiger partial charge in [0, 0.05) is 6.92 Å². The molecule has 1 amide bonds. The molecule has 0 saturated carbocycles. The lowest BCUT2D eigenvalue weighted by Crippen LogP contribution is -2.63. The highest BCUT2D eigenvalue weighted by atomic mass is 16.8. The average molecular weight is 624 g/mol. The number of carbonyl (C=O) groups is 1. The zero-order valence-electron chi connectivity index (χ0n) is 26.0. The van der Waals surface area contributed by atoms with Gasteiger partial charge in [-0.2, -0.15) is 0 Å². The van der Waals surface area contributed by atoms with Crippen LogP contribution in [0.4, 0.5) is 0 Å². The van der Waals surface area contributed by atoms with E-state index in [9.17, 15) is 4.79 Å². The van der Waals surface area contributed by atoms with E-state index in [4.69, 9.17) is 28.4 Å². The molecule has 0 spiro atoms. The standard InChI is InChI=1S/C38H41NO7/c1-27(40)39-33-35(43-24-30-18-10-4-11-19-30)37(44-25-31-20-12-5-13-21-31)38-45-34(36(33)46-38)32(42-23-29-16-8-3-9-17-29)26-41-22-28-14-6-2-7-15-28/h2-21,32-38H,22-26H2,1H3,(H,39,40)/t32-,33+,34-,35+,36+,37-,38-/m0/s1. The molecule has 2 heterocycles. The summed E-state index contributed by atoms with van der Waals surface area (Å²) in [6.07, 6.45) is -3.54. The van der Waals surface area contributed by atoms with E-state index in [-0.39, 0.29) is 12.5 Å². The Morgan fingerprint density at radius 1 is 0.652 bits per heavy atom. The predicted octanol–water partition coefficient (Wildman–Crippen LogP) is 5.59. The second kappa shape index (κ2) is 16.1. The summed E-state index contributed by atoms with van der Waals surface area (Å²) in [5.74, 6) is -0.199. The van der Waals surface area contributed by atoms with Crippen LogP contribution in [-0.2, 0) is 59.6 Å². The molecule has 4 aromatic rings. The Kier molecular flexibility index (Phi) is 11.2. The maximum atomic E-state index is 12.6. The third-order valence-corrected chi connectivity index (χ3v) is 8.21. The molecule has 0 aromatic heterocycles. The molecule has 0 unspecified atom stereocenters. The first-order chi connectivity index (χ1) is 22.6. The van der Waals surface area contributed by atoms with Crippen molar-refractivity contribution >= 4 is 5.91 Å². The molecule has 6 rings (SSSR count). The highest BCUT2D eigenvalue weighted by molar-refractivity contribution is 5.73. The van der Waals surface area contributed by atoms with Crippen LogP contribution in [0.2, 0.25) is 0 Å². The molecule has 8 nitrogen and oxygen atoms in total. The Labute approximate surface area is 270 Å². The molecule has 240 valence electrons. The number of hydrogen-bond acceptors (Lipinski definition) is 7. The van der Waals surface area contributed by atoms with Crippen molar-refractivity contribution in [3.63, 3.8) is 0 Å². The van der Waals surface area contributed by atoms with E-state index in [1.807, 2.05) is 121 Å². The predicted molar refractivity (Wildman–Crippen MR) is 172 cm³/mol. The number of nitrogens with one attached hydrogen (secondary N) is 1. The van der Waals surface area contributed by atoms with Gasteiger partial charge in [-0.25, -0.2) is 0 Å². The molecule has 0 radical (unpaired) electrons. The third-order valence-electron chi connectivity index (χ3n) is 8.21. The molecule has 2 bridgehead atoms. The summed E-state index contributed by atoms with van der Waals surface area (Å²) in [4.78, 5) is 12.6. The van der Waals surface area contributed by atoms with Crippen LogP contribution in [0.3, 0.4) is 0 Å². The summed E-state index contributed by atoms with van der Waals surface area (Å²) in [6, 6.07) is 39.3. The summed E-state index contributed by atoms with van der Waals surface area (Å²) >= 11 is 0. The third kappa shape index (κ3) is 8.47. The summed E-state index contributed by atoms with van der Waals surface area (Å²) < 4.78 is 39.0. The van der Waals surface area contributed by atoms with Crippen LogP contribution in [0.25, 0.3) is 0 Å². The van der Waals surface area contributed by atoms with Gasteiger partial charge in [0.1, 0.15) is 30.5 Å². The zero-order chi connectivity index (χ0) is 31.6. The van der Waals surface area contributed by atoms with Crippen molar-refractivity contribution in [1.29, 1.82) is 0 Å². The van der Waals surface area contributed by atoms with Crippen molar-refractivity contribution in [3.05, 3.63) is 144 Å². The fourth-order valence-electron chi connectivity index (χ4n) is 5.97. The summed E-state index contributed by atoms with van der Waals surface area (Å²) in [5, 5.41) is 3.12. The molecule has 46 heavy (non-hydrogen) atoms. The van der Waals surface area contributed by atoms with Crippen LogP contribution in [0.5, 0.6) is 0 Å². The quantitative estimate of drug-likeness (QED) is 0.185. The monoisotopic (exact) mass is 623 g/mol. The summed E-state index contributed by atoms with van der Waals surface area (Å²) in [6.45, 7) is 3.22. The van der Waals surface area contributed by atoms with E-state index >= 15 is 0 Å². The van der Waals surface area contributed by atoms with Gasteiger partial charge < -0.3 is 33.7 Å². The van der Waals surface area contributed by atoms with Gasteiger partial charge in [0.15, 0.2) is 6.29 Å². The lowest BCUT2D eigenvalue weighted by atomic mass is 9.92. The first kappa shape index (κ1) is 32.1. The average Bonchev–Trinajstić information content (AvgIpc) is 3.48. The van der Waals surface area contributed by atoms with E-state index in [2.05, 4.69) is 5.32 Å². The van der Waals surface area contributed by atoms with Crippen molar-refractivity contribution in [1.82, 2.24) is 5.32 Å². The fourth-order valence-corrected chi connectivity index (χ4v) is 5.97. The Bertz CT molecular complexity index is 1470. The molecule has 2 saturated heterocycles. The lowest BCUT2D eigenvalue weighted by Gasteiger charge is -2.41. The second-order valence-electron chi connectivity index (χ2n) is 11.7. The zero-order valence-corrected chi connectivity index (χ0v) is 26.0. The molecular weight excluding hydrogens is 582 g/mol. The maximum absolute atomic E-state index is 12.6. The minimum atomic E-state index is -0.735. The topological polar surface area (TPSA) is 84.5 Å². The molecule has 1 N–H and O–H groups in total. The SMILES string of the molecule is CC(=O)N[C@@H]1[C@@H](OCc2ccccc2)[C@H](OCc2ccccc2)[C@@H]2O[C@H]1[C@H]([C@H](COCc1ccccc1)OCc1ccccc1)O2. The number of amides is 1. The van der Waals surface area contributed by atoms with E-state index in [0.29, 0.717) is 26.4 Å². The Balaban J connectivity index is 1.26. The number of fused-ring (bicyclic) bond motifs is 2. The lowest BCUT2D eigenvalue weighted by molar-refractivity contribution is -0.238. The molecular formula is C38H41NO7. The highest BCUT2D eigenvalue weighted by Crippen LogP contribution is 2.38. The number of ether oxygens (including phenoxy) is 6. The molecule has 2 aliphatic rings. The van der Waals surface area contributed by atoms with Gasteiger partial charge in [0.2, 0.25) is 5.91 Å². The van der Waals surface area contributed by atoms with Crippen LogP contribution in [0.15, 0.2) is 121 Å². The molecule has 2 aliphatic heterocycles. The van der Waals surface area contributed by atoms with E-state index in [1.54, 1.807) is 0 Å². The first-order valence-corrected chi connectivity index (χ1v) is 15.8. The number of carbonyl (C=O) groups excluding carboxylic acids is 1. The summed E-state index contributed by atoms with van der Waals surface area (Å²) in [5.41, 5.74) is 4.12. The van der Waals surface area contributed by atoms with Crippen LogP contribution >= 0.6 is 0 Å². The molecule has 2 fully saturated rings. The largest absolute Gasteiger partial charge is 0.374 e. The van der Waals surface area contributed by atoms with Crippen molar-refractivity contribution in [3.8, 4) is 0 Å². The normalized spacial score (nSPS) is 24.4. The maximum Gasteiger partial charge on any atom is 0.217 e. The van der Waals surface area contributed by atoms with E-state index < -0.39 is 42.9 Å². The van der Waals surface area contributed by atoms with Crippen LogP contribution in [0.1, 0.15) is 29.2 Å². The highest BCUT2D eigenvalue weighted by Gasteiger charge is 2.58. The van der Waals surface area contributed by atoms with Crippen LogP contribution in [0, 0.1) is 0 Å². The minimum Gasteiger partial charge on any atom is -0.374 e. The molecule has 8 heteroatoms. The second-order valence-corrected chi connectivity index (χ2v) is 11.7. The van der Waals surface area contributed by atoms with Gasteiger partial charge >= 0.3 is 0 Å². The minimum absolute atomic E-state index is 0.199. The van der Waals surface area contributed by atoms with Crippen LogP contribution < -0.4 is 5.32 Å². The van der Waals surface area contributed by atoms with Gasteiger partial charge in [0.25, 0.3) is 0 Å². The summed E-state index contributed by atoms with van der Waals surface area (Å²) in [7, 11) is 0. The first-order valence-electron chi connectivity index (χ1n) is 15.8. The molecule has 0 aliphatic carbocycles. The van der Waals surface area contributed by atoms with Crippen molar-refractivity contribution in [2.75, 3.05) is 6.61 Å². The molecule has 7 atom stereocenters. The van der Waals surface area contributed by atoms with Crippen molar-refractivity contribution in [2.45, 2.75) is 76.2 Å². The fraction of sp³-hybridized carbons (Fsp3) is 0.342. The number of rotatable bonds is 15. The Morgan fingerprint density at radius 3 is 1.65 bits per heavy atom. The van der Waals surface area contributed by atoms with Crippen molar-refractivity contribution in [2.24, 2.45) is 0 Å².